The highest BCUT2D eigenvalue weighted by Gasteiger charge is 2.34. The van der Waals surface area contributed by atoms with Crippen LogP contribution < -0.4 is 5.32 Å². The van der Waals surface area contributed by atoms with Gasteiger partial charge in [-0.2, -0.15) is 0 Å². The number of rotatable bonds is 9. The molecule has 0 bridgehead atoms. The minimum absolute atomic E-state index is 0.0185. The first kappa shape index (κ1) is 23.5. The maximum atomic E-state index is 12.8. The third-order valence-corrected chi connectivity index (χ3v) is 7.20. The second-order valence-corrected chi connectivity index (χ2v) is 9.59. The molecule has 1 N–H and O–H groups in total. The minimum atomic E-state index is -0.0690. The zero-order chi connectivity index (χ0) is 23.1. The van der Waals surface area contributed by atoms with Gasteiger partial charge in [0.15, 0.2) is 11.0 Å². The number of aromatic nitrogens is 3. The van der Waals surface area contributed by atoms with E-state index in [4.69, 9.17) is 4.74 Å². The molecule has 1 amide bonds. The highest BCUT2D eigenvalue weighted by atomic mass is 32.2. The number of aryl methyl sites for hydroxylation is 1. The van der Waals surface area contributed by atoms with Crippen LogP contribution in [-0.4, -0.2) is 46.2 Å². The zero-order valence-electron chi connectivity index (χ0n) is 19.4. The molecule has 0 unspecified atom stereocenters. The van der Waals surface area contributed by atoms with Gasteiger partial charge in [0.2, 0.25) is 5.91 Å². The van der Waals surface area contributed by atoms with Crippen LogP contribution in [0, 0.1) is 6.92 Å². The van der Waals surface area contributed by atoms with Crippen molar-refractivity contribution in [1.29, 1.82) is 0 Å². The Kier molecular flexibility index (Phi) is 7.83. The summed E-state index contributed by atoms with van der Waals surface area (Å²) in [6.07, 6.45) is 2.79. The van der Waals surface area contributed by atoms with Crippen LogP contribution in [0.25, 0.3) is 11.4 Å². The predicted octanol–water partition coefficient (Wildman–Crippen LogP) is 4.62. The minimum Gasteiger partial charge on any atom is -0.381 e. The molecule has 1 aliphatic heterocycles. The van der Waals surface area contributed by atoms with Crippen LogP contribution in [0.4, 0.5) is 0 Å². The lowest BCUT2D eigenvalue weighted by Crippen LogP contribution is -2.45. The van der Waals surface area contributed by atoms with Gasteiger partial charge in [0.25, 0.3) is 0 Å². The van der Waals surface area contributed by atoms with Gasteiger partial charge < -0.3 is 14.6 Å². The number of nitrogens with zero attached hydrogens (tertiary/aromatic N) is 3. The topological polar surface area (TPSA) is 69.0 Å². The molecule has 0 saturated carbocycles. The summed E-state index contributed by atoms with van der Waals surface area (Å²) in [5.74, 6) is 1.19. The average molecular weight is 465 g/mol. The van der Waals surface area contributed by atoms with Gasteiger partial charge in [0.1, 0.15) is 0 Å². The van der Waals surface area contributed by atoms with Crippen molar-refractivity contribution in [3.63, 3.8) is 0 Å². The molecule has 1 saturated heterocycles. The van der Waals surface area contributed by atoms with Gasteiger partial charge in [-0.1, -0.05) is 72.8 Å². The Hall–Kier alpha value is -2.64. The van der Waals surface area contributed by atoms with Crippen molar-refractivity contribution in [1.82, 2.24) is 20.1 Å². The Morgan fingerprint density at radius 3 is 2.64 bits per heavy atom. The average Bonchev–Trinajstić information content (AvgIpc) is 3.25. The Labute approximate surface area is 200 Å². The summed E-state index contributed by atoms with van der Waals surface area (Å²) in [6, 6.07) is 18.8. The first-order valence-corrected chi connectivity index (χ1v) is 12.6. The fourth-order valence-electron chi connectivity index (χ4n) is 4.39. The van der Waals surface area contributed by atoms with Crippen LogP contribution in [0.2, 0.25) is 0 Å². The number of nitrogens with one attached hydrogen (secondary N) is 1. The maximum absolute atomic E-state index is 12.8. The van der Waals surface area contributed by atoms with E-state index in [1.807, 2.05) is 12.1 Å². The predicted molar refractivity (Wildman–Crippen MR) is 132 cm³/mol. The van der Waals surface area contributed by atoms with Crippen LogP contribution in [0.15, 0.2) is 59.8 Å². The third kappa shape index (κ3) is 5.65. The molecule has 174 valence electrons. The molecule has 0 spiro atoms. The largest absolute Gasteiger partial charge is 0.381 e. The molecule has 33 heavy (non-hydrogen) atoms. The van der Waals surface area contributed by atoms with Crippen LogP contribution >= 0.6 is 11.8 Å². The van der Waals surface area contributed by atoms with Crippen molar-refractivity contribution in [3.05, 3.63) is 65.7 Å². The quantitative estimate of drug-likeness (QED) is 0.468. The number of hydrogen-bond donors (Lipinski definition) is 1. The van der Waals surface area contributed by atoms with Gasteiger partial charge in [-0.05, 0) is 37.8 Å². The molecule has 1 aliphatic rings. The molecule has 0 atom stereocenters. The molecule has 1 aromatic heterocycles. The van der Waals surface area contributed by atoms with E-state index in [0.717, 1.165) is 55.6 Å². The number of amides is 1. The van der Waals surface area contributed by atoms with E-state index in [-0.39, 0.29) is 11.3 Å². The summed E-state index contributed by atoms with van der Waals surface area (Å²) < 4.78 is 7.73. The van der Waals surface area contributed by atoms with E-state index in [0.29, 0.717) is 12.3 Å². The molecular formula is C26H32N4O2S. The first-order chi connectivity index (χ1) is 16.1. The lowest BCUT2D eigenvalue weighted by Gasteiger charge is -2.38. The number of carbonyl (C=O) groups is 1. The molecule has 6 nitrogen and oxygen atoms in total. The normalized spacial score (nSPS) is 15.3. The van der Waals surface area contributed by atoms with Crippen LogP contribution in [-0.2, 0) is 21.5 Å². The molecule has 0 radical (unpaired) electrons. The standard InChI is InChI=1S/C26H32N4O2S/c1-3-14-30-24(21-9-7-8-20(2)17-21)28-29-25(30)33-18-23(31)27-19-26(12-15-32-16-13-26)22-10-5-4-6-11-22/h4-11,17H,3,12-16,18-19H2,1-2H3,(H,27,31). The smallest absolute Gasteiger partial charge is 0.230 e. The summed E-state index contributed by atoms with van der Waals surface area (Å²) in [7, 11) is 0. The highest BCUT2D eigenvalue weighted by Crippen LogP contribution is 2.34. The molecule has 2 aromatic carbocycles. The van der Waals surface area contributed by atoms with E-state index < -0.39 is 0 Å². The van der Waals surface area contributed by atoms with Crippen molar-refractivity contribution in [2.24, 2.45) is 0 Å². The van der Waals surface area contributed by atoms with Gasteiger partial charge >= 0.3 is 0 Å². The van der Waals surface area contributed by atoms with Crippen LogP contribution in [0.3, 0.4) is 0 Å². The Balaban J connectivity index is 1.41. The second-order valence-electron chi connectivity index (χ2n) is 8.65. The number of benzene rings is 2. The summed E-state index contributed by atoms with van der Waals surface area (Å²) in [5.41, 5.74) is 3.44. The summed E-state index contributed by atoms with van der Waals surface area (Å²) in [6.45, 7) is 7.10. The van der Waals surface area contributed by atoms with E-state index in [9.17, 15) is 4.79 Å². The zero-order valence-corrected chi connectivity index (χ0v) is 20.2. The summed E-state index contributed by atoms with van der Waals surface area (Å²) in [4.78, 5) is 12.8. The van der Waals surface area contributed by atoms with Crippen molar-refractivity contribution in [2.45, 2.75) is 50.2 Å². The summed E-state index contributed by atoms with van der Waals surface area (Å²) >= 11 is 1.45. The summed E-state index contributed by atoms with van der Waals surface area (Å²) in [5, 5.41) is 12.8. The maximum Gasteiger partial charge on any atom is 0.230 e. The van der Waals surface area contributed by atoms with Crippen molar-refractivity contribution >= 4 is 17.7 Å². The van der Waals surface area contributed by atoms with E-state index >= 15 is 0 Å². The SMILES string of the molecule is CCCn1c(SCC(=O)NCC2(c3ccccc3)CCOCC2)nnc1-c1cccc(C)c1. The molecule has 2 heterocycles. The molecule has 3 aromatic rings. The lowest BCUT2D eigenvalue weighted by molar-refractivity contribution is -0.119. The lowest BCUT2D eigenvalue weighted by atomic mass is 9.74. The van der Waals surface area contributed by atoms with Gasteiger partial charge in [-0.15, -0.1) is 10.2 Å². The molecule has 1 fully saturated rings. The Bertz CT molecular complexity index is 1060. The Morgan fingerprint density at radius 1 is 1.12 bits per heavy atom. The molecule has 7 heteroatoms. The van der Waals surface area contributed by atoms with Crippen molar-refractivity contribution in [2.75, 3.05) is 25.5 Å². The fraction of sp³-hybridized carbons (Fsp3) is 0.423. The van der Waals surface area contributed by atoms with Gasteiger partial charge in [0.05, 0.1) is 5.75 Å². The second kappa shape index (κ2) is 11.0. The molecule has 0 aliphatic carbocycles. The highest BCUT2D eigenvalue weighted by molar-refractivity contribution is 7.99. The third-order valence-electron chi connectivity index (χ3n) is 6.23. The van der Waals surface area contributed by atoms with E-state index in [1.165, 1.54) is 22.9 Å². The van der Waals surface area contributed by atoms with E-state index in [2.05, 4.69) is 76.4 Å². The van der Waals surface area contributed by atoms with Crippen LogP contribution in [0.5, 0.6) is 0 Å². The fourth-order valence-corrected chi connectivity index (χ4v) is 5.18. The van der Waals surface area contributed by atoms with E-state index in [1.54, 1.807) is 0 Å². The number of thioether (sulfide) groups is 1. The molecule has 4 rings (SSSR count). The number of ether oxygens (including phenoxy) is 1. The number of hydrogen-bond acceptors (Lipinski definition) is 5. The van der Waals surface area contributed by atoms with Crippen LogP contribution in [0.1, 0.15) is 37.3 Å². The number of carbonyl (C=O) groups excluding carboxylic acids is 1. The monoisotopic (exact) mass is 464 g/mol. The van der Waals surface area contributed by atoms with Gasteiger partial charge in [0, 0.05) is 37.3 Å². The van der Waals surface area contributed by atoms with Crippen molar-refractivity contribution < 1.29 is 9.53 Å². The molecular weight excluding hydrogens is 432 g/mol. The Morgan fingerprint density at radius 2 is 1.91 bits per heavy atom. The first-order valence-electron chi connectivity index (χ1n) is 11.6. The van der Waals surface area contributed by atoms with Crippen molar-refractivity contribution in [3.8, 4) is 11.4 Å². The van der Waals surface area contributed by atoms with Gasteiger partial charge in [-0.25, -0.2) is 0 Å². The van der Waals surface area contributed by atoms with Gasteiger partial charge in [-0.3, -0.25) is 4.79 Å².